The van der Waals surface area contributed by atoms with Gasteiger partial charge in [-0.1, -0.05) is 25.1 Å². The van der Waals surface area contributed by atoms with Crippen molar-refractivity contribution in [1.82, 2.24) is 9.97 Å². The molecule has 2 heterocycles. The molecule has 0 amide bonds. The van der Waals surface area contributed by atoms with Crippen molar-refractivity contribution in [3.63, 3.8) is 0 Å². The third kappa shape index (κ3) is 2.78. The Hall–Kier alpha value is -0.390. The number of nitrogens with one attached hydrogen (secondary N) is 1. The number of aromatic amines is 1. The van der Waals surface area contributed by atoms with Crippen LogP contribution in [0.4, 0.5) is 0 Å². The summed E-state index contributed by atoms with van der Waals surface area (Å²) >= 11 is 7.38. The molecule has 1 aromatic heterocycles. The number of aromatic nitrogens is 2. The molecule has 2 aliphatic rings. The molecule has 3 rings (SSSR count). The first-order valence-corrected chi connectivity index (χ1v) is 8.09. The summed E-state index contributed by atoms with van der Waals surface area (Å²) in [4.78, 5) is 7.96. The van der Waals surface area contributed by atoms with Crippen molar-refractivity contribution < 1.29 is 4.74 Å². The van der Waals surface area contributed by atoms with Crippen molar-refractivity contribution in [3.8, 4) is 0 Å². The molecular formula is C13H18N2OS2. The zero-order valence-corrected chi connectivity index (χ0v) is 12.0. The van der Waals surface area contributed by atoms with E-state index in [0.29, 0.717) is 6.61 Å². The second-order valence-electron chi connectivity index (χ2n) is 4.97. The first kappa shape index (κ1) is 12.6. The predicted molar refractivity (Wildman–Crippen MR) is 76.3 cm³/mol. The average Bonchev–Trinajstić information content (AvgIpc) is 2.90. The van der Waals surface area contributed by atoms with E-state index in [4.69, 9.17) is 17.0 Å². The van der Waals surface area contributed by atoms with Crippen LogP contribution < -0.4 is 0 Å². The standard InChI is InChI=1S/C13H18N2OS2/c17-13-10-7-16-6-5-11(10)14-12(15-13)8-18-9-3-1-2-4-9/h9H,1-8H2,(H,14,15,17). The number of thioether (sulfide) groups is 1. The van der Waals surface area contributed by atoms with Crippen LogP contribution in [-0.4, -0.2) is 21.8 Å². The van der Waals surface area contributed by atoms with Gasteiger partial charge in [-0.15, -0.1) is 0 Å². The van der Waals surface area contributed by atoms with Crippen LogP contribution >= 0.6 is 24.0 Å². The summed E-state index contributed by atoms with van der Waals surface area (Å²) in [7, 11) is 0. The van der Waals surface area contributed by atoms with Crippen molar-refractivity contribution in [1.29, 1.82) is 0 Å². The Labute approximate surface area is 117 Å². The fourth-order valence-corrected chi connectivity index (χ4v) is 4.12. The van der Waals surface area contributed by atoms with Gasteiger partial charge in [0.05, 0.1) is 19.0 Å². The van der Waals surface area contributed by atoms with Crippen LogP contribution in [0.2, 0.25) is 0 Å². The highest BCUT2D eigenvalue weighted by Gasteiger charge is 2.17. The van der Waals surface area contributed by atoms with Crippen molar-refractivity contribution in [2.45, 2.75) is 49.7 Å². The minimum atomic E-state index is 0.619. The number of hydrogen-bond acceptors (Lipinski definition) is 4. The minimum absolute atomic E-state index is 0.619. The lowest BCUT2D eigenvalue weighted by Crippen LogP contribution is -2.15. The lowest BCUT2D eigenvalue weighted by Gasteiger charge is -2.17. The van der Waals surface area contributed by atoms with E-state index in [9.17, 15) is 0 Å². The van der Waals surface area contributed by atoms with E-state index in [1.165, 1.54) is 31.4 Å². The van der Waals surface area contributed by atoms with Gasteiger partial charge in [-0.2, -0.15) is 11.8 Å². The molecule has 18 heavy (non-hydrogen) atoms. The summed E-state index contributed by atoms with van der Waals surface area (Å²) < 4.78 is 6.15. The van der Waals surface area contributed by atoms with Crippen LogP contribution in [0.3, 0.4) is 0 Å². The van der Waals surface area contributed by atoms with Crippen molar-refractivity contribution in [2.75, 3.05) is 6.61 Å². The van der Waals surface area contributed by atoms with Gasteiger partial charge in [-0.25, -0.2) is 4.98 Å². The Bertz CT molecular complexity index is 480. The lowest BCUT2D eigenvalue weighted by atomic mass is 10.1. The van der Waals surface area contributed by atoms with Crippen LogP contribution in [0.25, 0.3) is 0 Å². The van der Waals surface area contributed by atoms with Crippen molar-refractivity contribution >= 4 is 24.0 Å². The molecule has 0 bridgehead atoms. The second-order valence-corrected chi connectivity index (χ2v) is 6.64. The van der Waals surface area contributed by atoms with E-state index < -0.39 is 0 Å². The fraction of sp³-hybridized carbons (Fsp3) is 0.692. The molecule has 1 saturated carbocycles. The maximum absolute atomic E-state index is 5.43. The van der Waals surface area contributed by atoms with Gasteiger partial charge in [0.25, 0.3) is 0 Å². The van der Waals surface area contributed by atoms with Gasteiger partial charge >= 0.3 is 0 Å². The van der Waals surface area contributed by atoms with E-state index in [0.717, 1.165) is 40.1 Å². The molecule has 5 heteroatoms. The Morgan fingerprint density at radius 2 is 2.22 bits per heavy atom. The van der Waals surface area contributed by atoms with E-state index >= 15 is 0 Å². The maximum Gasteiger partial charge on any atom is 0.135 e. The number of hydrogen-bond donors (Lipinski definition) is 1. The molecule has 3 nitrogen and oxygen atoms in total. The fourth-order valence-electron chi connectivity index (χ4n) is 2.63. The number of fused-ring (bicyclic) bond motifs is 1. The molecule has 0 aromatic carbocycles. The zero-order valence-electron chi connectivity index (χ0n) is 10.4. The van der Waals surface area contributed by atoms with Crippen molar-refractivity contribution in [2.24, 2.45) is 0 Å². The maximum atomic E-state index is 5.43. The normalized spacial score (nSPS) is 20.0. The lowest BCUT2D eigenvalue weighted by molar-refractivity contribution is 0.108. The van der Waals surface area contributed by atoms with Gasteiger partial charge in [0.1, 0.15) is 10.5 Å². The quantitative estimate of drug-likeness (QED) is 0.862. The molecule has 0 atom stereocenters. The van der Waals surface area contributed by atoms with Crippen LogP contribution in [-0.2, 0) is 23.5 Å². The summed E-state index contributed by atoms with van der Waals surface area (Å²) in [5.41, 5.74) is 2.33. The molecule has 1 aromatic rings. The van der Waals surface area contributed by atoms with Gasteiger partial charge < -0.3 is 9.72 Å². The number of ether oxygens (including phenoxy) is 1. The van der Waals surface area contributed by atoms with E-state index in [1.807, 2.05) is 11.8 Å². The monoisotopic (exact) mass is 282 g/mol. The number of nitrogens with zero attached hydrogens (tertiary/aromatic N) is 1. The molecule has 1 aliphatic heterocycles. The summed E-state index contributed by atoms with van der Waals surface area (Å²) in [5, 5.41) is 0.827. The highest BCUT2D eigenvalue weighted by molar-refractivity contribution is 7.99. The number of rotatable bonds is 3. The highest BCUT2D eigenvalue weighted by atomic mass is 32.2. The third-order valence-electron chi connectivity index (χ3n) is 3.65. The molecule has 1 N–H and O–H groups in total. The summed E-state index contributed by atoms with van der Waals surface area (Å²) in [5.74, 6) is 2.00. The summed E-state index contributed by atoms with van der Waals surface area (Å²) in [6.45, 7) is 1.41. The molecule has 98 valence electrons. The van der Waals surface area contributed by atoms with Gasteiger partial charge in [0, 0.05) is 22.9 Å². The van der Waals surface area contributed by atoms with Gasteiger partial charge in [-0.3, -0.25) is 0 Å². The van der Waals surface area contributed by atoms with E-state index in [-0.39, 0.29) is 0 Å². The van der Waals surface area contributed by atoms with Crippen molar-refractivity contribution in [3.05, 3.63) is 21.7 Å². The highest BCUT2D eigenvalue weighted by Crippen LogP contribution is 2.31. The first-order chi connectivity index (χ1) is 8.83. The Morgan fingerprint density at radius 3 is 3.06 bits per heavy atom. The zero-order chi connectivity index (χ0) is 12.4. The number of H-pyrrole nitrogens is 1. The second kappa shape index (κ2) is 5.72. The van der Waals surface area contributed by atoms with Crippen LogP contribution in [0, 0.1) is 4.64 Å². The molecule has 1 fully saturated rings. The molecule has 1 aliphatic carbocycles. The summed E-state index contributed by atoms with van der Waals surface area (Å²) in [6, 6.07) is 0. The first-order valence-electron chi connectivity index (χ1n) is 6.63. The largest absolute Gasteiger partial charge is 0.376 e. The van der Waals surface area contributed by atoms with E-state index in [2.05, 4.69) is 9.97 Å². The van der Waals surface area contributed by atoms with E-state index in [1.54, 1.807) is 0 Å². The van der Waals surface area contributed by atoms with Crippen LogP contribution in [0.15, 0.2) is 0 Å². The SMILES string of the molecule is S=c1nc(CSC2CCCC2)[nH]c2c1COCC2. The Morgan fingerprint density at radius 1 is 1.39 bits per heavy atom. The topological polar surface area (TPSA) is 37.9 Å². The van der Waals surface area contributed by atoms with Gasteiger partial charge in [0.2, 0.25) is 0 Å². The van der Waals surface area contributed by atoms with Crippen LogP contribution in [0.5, 0.6) is 0 Å². The molecule has 0 unspecified atom stereocenters. The Balaban J connectivity index is 1.72. The smallest absolute Gasteiger partial charge is 0.135 e. The van der Waals surface area contributed by atoms with Crippen LogP contribution in [0.1, 0.15) is 42.8 Å². The molecular weight excluding hydrogens is 264 g/mol. The van der Waals surface area contributed by atoms with Gasteiger partial charge in [0.15, 0.2) is 0 Å². The minimum Gasteiger partial charge on any atom is -0.376 e. The molecule has 0 saturated heterocycles. The predicted octanol–water partition coefficient (Wildman–Crippen LogP) is 3.39. The summed E-state index contributed by atoms with van der Waals surface area (Å²) in [6.07, 6.45) is 6.45. The molecule has 0 spiro atoms. The Kier molecular flexibility index (Phi) is 4.01. The third-order valence-corrected chi connectivity index (χ3v) is 5.38. The average molecular weight is 282 g/mol. The molecule has 0 radical (unpaired) electrons. The van der Waals surface area contributed by atoms with Gasteiger partial charge in [-0.05, 0) is 12.8 Å².